The molecule has 0 fully saturated rings. The normalized spacial score (nSPS) is 13.6. The summed E-state index contributed by atoms with van der Waals surface area (Å²) in [5.41, 5.74) is 0. The molecule has 0 aromatic rings. The minimum absolute atomic E-state index is 0.724. The van der Waals surface area contributed by atoms with Crippen LogP contribution in [0.1, 0.15) is 59.8 Å². The van der Waals surface area contributed by atoms with Crippen molar-refractivity contribution in [1.29, 1.82) is 0 Å². The fourth-order valence-electron chi connectivity index (χ4n) is 1.69. The summed E-state index contributed by atoms with van der Waals surface area (Å²) >= 11 is 0. The van der Waals surface area contributed by atoms with Crippen molar-refractivity contribution < 1.29 is 0 Å². The lowest BCUT2D eigenvalue weighted by molar-refractivity contribution is 0.384. The number of hydrogen-bond donors (Lipinski definition) is 1. The monoisotopic (exact) mass is 185 g/mol. The van der Waals surface area contributed by atoms with Gasteiger partial charge in [-0.25, -0.2) is 0 Å². The summed E-state index contributed by atoms with van der Waals surface area (Å²) in [7, 11) is 0. The van der Waals surface area contributed by atoms with Crippen LogP contribution in [0.2, 0.25) is 0 Å². The van der Waals surface area contributed by atoms with Gasteiger partial charge >= 0.3 is 0 Å². The van der Waals surface area contributed by atoms with Gasteiger partial charge in [0, 0.05) is 6.04 Å². The van der Waals surface area contributed by atoms with Crippen LogP contribution in [-0.4, -0.2) is 12.6 Å². The summed E-state index contributed by atoms with van der Waals surface area (Å²) in [6.45, 7) is 10.3. The molecule has 0 aromatic heterocycles. The molecule has 0 spiro atoms. The van der Waals surface area contributed by atoms with Crippen LogP contribution in [0.15, 0.2) is 0 Å². The minimum Gasteiger partial charge on any atom is -0.314 e. The second-order valence-electron chi connectivity index (χ2n) is 4.27. The zero-order valence-corrected chi connectivity index (χ0v) is 9.90. The second kappa shape index (κ2) is 8.55. The minimum atomic E-state index is 0.724. The maximum Gasteiger partial charge on any atom is 0.00874 e. The zero-order valence-electron chi connectivity index (χ0n) is 9.90. The van der Waals surface area contributed by atoms with E-state index >= 15 is 0 Å². The van der Waals surface area contributed by atoms with Crippen molar-refractivity contribution >= 4 is 0 Å². The summed E-state index contributed by atoms with van der Waals surface area (Å²) in [6, 6.07) is 0.724. The lowest BCUT2D eigenvalue weighted by Crippen LogP contribution is -2.33. The Labute approximate surface area is 84.3 Å². The van der Waals surface area contributed by atoms with Gasteiger partial charge in [-0.1, -0.05) is 47.0 Å². The highest BCUT2D eigenvalue weighted by Crippen LogP contribution is 2.05. The molecule has 1 heteroatoms. The second-order valence-corrected chi connectivity index (χ2v) is 4.27. The Morgan fingerprint density at radius 2 is 1.69 bits per heavy atom. The molecule has 0 amide bonds. The highest BCUT2D eigenvalue weighted by atomic mass is 14.9. The Morgan fingerprint density at radius 3 is 2.15 bits per heavy atom. The molecule has 0 bridgehead atoms. The molecule has 1 unspecified atom stereocenters. The Hall–Kier alpha value is -0.0400. The molecule has 0 radical (unpaired) electrons. The van der Waals surface area contributed by atoms with Crippen molar-refractivity contribution in [2.75, 3.05) is 6.54 Å². The highest BCUT2D eigenvalue weighted by molar-refractivity contribution is 4.67. The average Bonchev–Trinajstić information content (AvgIpc) is 2.10. The molecular weight excluding hydrogens is 158 g/mol. The number of unbranched alkanes of at least 4 members (excludes halogenated alkanes) is 3. The lowest BCUT2D eigenvalue weighted by Gasteiger charge is -2.20. The van der Waals surface area contributed by atoms with E-state index in [2.05, 4.69) is 33.0 Å². The first-order valence-electron chi connectivity index (χ1n) is 5.95. The third-order valence-electron chi connectivity index (χ3n) is 2.68. The van der Waals surface area contributed by atoms with E-state index in [1.807, 2.05) is 0 Å². The quantitative estimate of drug-likeness (QED) is 0.570. The van der Waals surface area contributed by atoms with Crippen LogP contribution >= 0.6 is 0 Å². The Kier molecular flexibility index (Phi) is 8.53. The highest BCUT2D eigenvalue weighted by Gasteiger charge is 2.08. The number of hydrogen-bond acceptors (Lipinski definition) is 1. The van der Waals surface area contributed by atoms with Crippen molar-refractivity contribution in [2.24, 2.45) is 5.92 Å². The first kappa shape index (κ1) is 13.0. The summed E-state index contributed by atoms with van der Waals surface area (Å²) in [5, 5.41) is 3.63. The first-order valence-corrected chi connectivity index (χ1v) is 5.95. The fourth-order valence-corrected chi connectivity index (χ4v) is 1.69. The van der Waals surface area contributed by atoms with Gasteiger partial charge in [-0.05, 0) is 25.3 Å². The van der Waals surface area contributed by atoms with Crippen LogP contribution in [0.25, 0.3) is 0 Å². The van der Waals surface area contributed by atoms with Gasteiger partial charge in [-0.2, -0.15) is 0 Å². The molecule has 0 saturated carbocycles. The van der Waals surface area contributed by atoms with Crippen LogP contribution in [0, 0.1) is 5.92 Å². The van der Waals surface area contributed by atoms with Crippen LogP contribution in [0.4, 0.5) is 0 Å². The van der Waals surface area contributed by atoms with Crippen molar-refractivity contribution in [2.45, 2.75) is 65.8 Å². The Bertz CT molecular complexity index is 99.3. The molecule has 0 aromatic carbocycles. The number of nitrogens with one attached hydrogen (secondary N) is 1. The van der Waals surface area contributed by atoms with E-state index in [1.54, 1.807) is 0 Å². The molecule has 80 valence electrons. The van der Waals surface area contributed by atoms with Gasteiger partial charge in [-0.3, -0.25) is 0 Å². The predicted molar refractivity (Wildman–Crippen MR) is 61.1 cm³/mol. The van der Waals surface area contributed by atoms with Crippen LogP contribution in [0.5, 0.6) is 0 Å². The zero-order chi connectivity index (χ0) is 10.1. The third-order valence-corrected chi connectivity index (χ3v) is 2.68. The fraction of sp³-hybridized carbons (Fsp3) is 1.00. The van der Waals surface area contributed by atoms with E-state index in [1.165, 1.54) is 38.6 Å². The molecule has 13 heavy (non-hydrogen) atoms. The Balaban J connectivity index is 3.28. The van der Waals surface area contributed by atoms with Crippen molar-refractivity contribution in [3.8, 4) is 0 Å². The summed E-state index contributed by atoms with van der Waals surface area (Å²) in [4.78, 5) is 0. The predicted octanol–water partition coefficient (Wildman–Crippen LogP) is 3.59. The molecule has 0 rings (SSSR count). The van der Waals surface area contributed by atoms with Crippen molar-refractivity contribution in [1.82, 2.24) is 5.32 Å². The average molecular weight is 185 g/mol. The number of rotatable bonds is 8. The third kappa shape index (κ3) is 7.06. The molecular formula is C12H27N. The summed E-state index contributed by atoms with van der Waals surface area (Å²) in [6.07, 6.45) is 6.71. The van der Waals surface area contributed by atoms with E-state index in [9.17, 15) is 0 Å². The SMILES string of the molecule is CCCCCCNC(CC)C(C)C. The molecule has 0 aliphatic carbocycles. The van der Waals surface area contributed by atoms with Gasteiger partial charge in [0.15, 0.2) is 0 Å². The van der Waals surface area contributed by atoms with E-state index in [0.29, 0.717) is 0 Å². The van der Waals surface area contributed by atoms with E-state index in [-0.39, 0.29) is 0 Å². The standard InChI is InChI=1S/C12H27N/c1-5-7-8-9-10-13-12(6-2)11(3)4/h11-13H,5-10H2,1-4H3. The van der Waals surface area contributed by atoms with Crippen molar-refractivity contribution in [3.05, 3.63) is 0 Å². The van der Waals surface area contributed by atoms with Gasteiger partial charge in [0.25, 0.3) is 0 Å². The van der Waals surface area contributed by atoms with Crippen LogP contribution in [-0.2, 0) is 0 Å². The van der Waals surface area contributed by atoms with Crippen LogP contribution in [0.3, 0.4) is 0 Å². The van der Waals surface area contributed by atoms with Gasteiger partial charge < -0.3 is 5.32 Å². The smallest absolute Gasteiger partial charge is 0.00874 e. The molecule has 0 heterocycles. The van der Waals surface area contributed by atoms with Gasteiger partial charge in [0.05, 0.1) is 0 Å². The van der Waals surface area contributed by atoms with E-state index in [0.717, 1.165) is 12.0 Å². The van der Waals surface area contributed by atoms with Crippen molar-refractivity contribution in [3.63, 3.8) is 0 Å². The van der Waals surface area contributed by atoms with Gasteiger partial charge in [0.2, 0.25) is 0 Å². The maximum atomic E-state index is 3.63. The first-order chi connectivity index (χ1) is 6.22. The topological polar surface area (TPSA) is 12.0 Å². The summed E-state index contributed by atoms with van der Waals surface area (Å²) < 4.78 is 0. The largest absolute Gasteiger partial charge is 0.314 e. The molecule has 1 N–H and O–H groups in total. The lowest BCUT2D eigenvalue weighted by atomic mass is 10.0. The van der Waals surface area contributed by atoms with E-state index in [4.69, 9.17) is 0 Å². The maximum absolute atomic E-state index is 3.63. The molecule has 0 saturated heterocycles. The summed E-state index contributed by atoms with van der Waals surface area (Å²) in [5.74, 6) is 0.774. The molecule has 1 nitrogen and oxygen atoms in total. The van der Waals surface area contributed by atoms with Crippen LogP contribution < -0.4 is 5.32 Å². The molecule has 1 atom stereocenters. The molecule has 0 aliphatic rings. The van der Waals surface area contributed by atoms with Gasteiger partial charge in [-0.15, -0.1) is 0 Å². The van der Waals surface area contributed by atoms with E-state index < -0.39 is 0 Å². The molecule has 0 aliphatic heterocycles. The van der Waals surface area contributed by atoms with Gasteiger partial charge in [0.1, 0.15) is 0 Å². The Morgan fingerprint density at radius 1 is 1.00 bits per heavy atom.